The third-order valence-corrected chi connectivity index (χ3v) is 5.42. The lowest BCUT2D eigenvalue weighted by Gasteiger charge is -2.08. The summed E-state index contributed by atoms with van der Waals surface area (Å²) in [7, 11) is 1.63. The van der Waals surface area contributed by atoms with Crippen molar-refractivity contribution in [3.05, 3.63) is 71.1 Å². The van der Waals surface area contributed by atoms with Crippen molar-refractivity contribution in [1.29, 1.82) is 0 Å². The summed E-state index contributed by atoms with van der Waals surface area (Å²) >= 11 is 1.42. The van der Waals surface area contributed by atoms with Gasteiger partial charge in [0.1, 0.15) is 5.75 Å². The highest BCUT2D eigenvalue weighted by Gasteiger charge is 2.08. The summed E-state index contributed by atoms with van der Waals surface area (Å²) in [6, 6.07) is 16.0. The number of carbonyl (C=O) groups is 1. The molecule has 0 bridgehead atoms. The Balaban J connectivity index is 1.61. The molecule has 3 rings (SSSR count). The summed E-state index contributed by atoms with van der Waals surface area (Å²) in [5.41, 5.74) is 4.18. The van der Waals surface area contributed by atoms with Crippen LogP contribution >= 0.6 is 11.3 Å². The predicted octanol–water partition coefficient (Wildman–Crippen LogP) is 5.98. The molecule has 4 nitrogen and oxygen atoms in total. The highest BCUT2D eigenvalue weighted by molar-refractivity contribution is 7.14. The second-order valence-corrected chi connectivity index (χ2v) is 7.42. The van der Waals surface area contributed by atoms with Crippen LogP contribution in [0.4, 0.5) is 5.13 Å². The van der Waals surface area contributed by atoms with Gasteiger partial charge >= 0.3 is 0 Å². The fourth-order valence-electron chi connectivity index (χ4n) is 2.72. The topological polar surface area (TPSA) is 51.2 Å². The van der Waals surface area contributed by atoms with Crippen LogP contribution in [-0.4, -0.2) is 18.0 Å². The van der Waals surface area contributed by atoms with E-state index >= 15 is 0 Å². The van der Waals surface area contributed by atoms with Crippen LogP contribution < -0.4 is 10.1 Å². The monoisotopic (exact) mass is 392 g/mol. The van der Waals surface area contributed by atoms with Gasteiger partial charge in [-0.3, -0.25) is 10.1 Å². The van der Waals surface area contributed by atoms with Crippen molar-refractivity contribution < 1.29 is 9.53 Å². The van der Waals surface area contributed by atoms with E-state index in [1.54, 1.807) is 13.2 Å². The summed E-state index contributed by atoms with van der Waals surface area (Å²) in [6.45, 7) is 4.42. The van der Waals surface area contributed by atoms with Gasteiger partial charge in [-0.1, -0.05) is 50.2 Å². The standard InChI is InChI=1S/C23H24N2O2S/c1-4-16(2)18-8-10-19(11-9-18)21-15-28-23(24-21)25-22(26)14-7-17-5-12-20(27-3)13-6-17/h5-16H,4H2,1-3H3,(H,24,25,26). The van der Waals surface area contributed by atoms with Gasteiger partial charge in [0.25, 0.3) is 0 Å². The quantitative estimate of drug-likeness (QED) is 0.503. The van der Waals surface area contributed by atoms with Crippen molar-refractivity contribution >= 4 is 28.5 Å². The highest BCUT2D eigenvalue weighted by atomic mass is 32.1. The number of ether oxygens (including phenoxy) is 1. The number of carbonyl (C=O) groups excluding carboxylic acids is 1. The number of amides is 1. The van der Waals surface area contributed by atoms with Crippen LogP contribution in [0.1, 0.15) is 37.3 Å². The van der Waals surface area contributed by atoms with E-state index in [1.807, 2.05) is 29.6 Å². The molecule has 0 aliphatic carbocycles. The van der Waals surface area contributed by atoms with Crippen molar-refractivity contribution in [2.45, 2.75) is 26.2 Å². The fourth-order valence-corrected chi connectivity index (χ4v) is 3.44. The lowest BCUT2D eigenvalue weighted by Crippen LogP contribution is -2.07. The van der Waals surface area contributed by atoms with Crippen molar-refractivity contribution in [2.75, 3.05) is 12.4 Å². The van der Waals surface area contributed by atoms with Gasteiger partial charge in [0, 0.05) is 17.0 Å². The van der Waals surface area contributed by atoms with Crippen LogP contribution in [0.25, 0.3) is 17.3 Å². The Bertz CT molecular complexity index is 943. The summed E-state index contributed by atoms with van der Waals surface area (Å²) in [6.07, 6.45) is 4.39. The Kier molecular flexibility index (Phi) is 6.61. The summed E-state index contributed by atoms with van der Waals surface area (Å²) < 4.78 is 5.13. The maximum Gasteiger partial charge on any atom is 0.250 e. The zero-order chi connectivity index (χ0) is 19.9. The molecule has 0 saturated carbocycles. The molecule has 0 radical (unpaired) electrons. The zero-order valence-electron chi connectivity index (χ0n) is 16.3. The molecule has 0 aliphatic heterocycles. The Hall–Kier alpha value is -2.92. The van der Waals surface area contributed by atoms with Crippen LogP contribution in [0, 0.1) is 0 Å². The maximum absolute atomic E-state index is 12.2. The molecule has 28 heavy (non-hydrogen) atoms. The molecule has 0 aliphatic rings. The third-order valence-electron chi connectivity index (χ3n) is 4.67. The van der Waals surface area contributed by atoms with Crippen LogP contribution in [0.15, 0.2) is 60.0 Å². The Labute approximate surface area is 169 Å². The van der Waals surface area contributed by atoms with Crippen LogP contribution in [0.2, 0.25) is 0 Å². The third kappa shape index (κ3) is 5.08. The second-order valence-electron chi connectivity index (χ2n) is 6.56. The number of hydrogen-bond donors (Lipinski definition) is 1. The first-order valence-electron chi connectivity index (χ1n) is 9.28. The molecule has 0 fully saturated rings. The number of rotatable bonds is 7. The van der Waals surface area contributed by atoms with Gasteiger partial charge in [-0.2, -0.15) is 0 Å². The van der Waals surface area contributed by atoms with Crippen molar-refractivity contribution in [3.63, 3.8) is 0 Å². The number of benzene rings is 2. The molecule has 1 heterocycles. The molecule has 144 valence electrons. The zero-order valence-corrected chi connectivity index (χ0v) is 17.1. The van der Waals surface area contributed by atoms with Gasteiger partial charge in [0.05, 0.1) is 12.8 Å². The van der Waals surface area contributed by atoms with E-state index < -0.39 is 0 Å². The normalized spacial score (nSPS) is 12.1. The van der Waals surface area contributed by atoms with Crippen molar-refractivity contribution in [2.24, 2.45) is 0 Å². The summed E-state index contributed by atoms with van der Waals surface area (Å²) in [4.78, 5) is 16.7. The van der Waals surface area contributed by atoms with Crippen LogP contribution in [-0.2, 0) is 4.79 Å². The molecule has 5 heteroatoms. The number of thiazole rings is 1. The number of nitrogens with zero attached hydrogens (tertiary/aromatic N) is 1. The first kappa shape index (κ1) is 19.8. The summed E-state index contributed by atoms with van der Waals surface area (Å²) in [5.74, 6) is 1.13. The van der Waals surface area contributed by atoms with E-state index in [1.165, 1.54) is 23.0 Å². The smallest absolute Gasteiger partial charge is 0.250 e. The summed E-state index contributed by atoms with van der Waals surface area (Å²) in [5, 5.41) is 5.37. The van der Waals surface area contributed by atoms with E-state index in [-0.39, 0.29) is 5.91 Å². The molecular weight excluding hydrogens is 368 g/mol. The number of aromatic nitrogens is 1. The molecular formula is C23H24N2O2S. The molecule has 0 saturated heterocycles. The molecule has 1 amide bonds. The van der Waals surface area contributed by atoms with E-state index in [0.717, 1.165) is 29.0 Å². The molecule has 1 N–H and O–H groups in total. The molecule has 3 aromatic rings. The molecule has 0 spiro atoms. The van der Waals surface area contributed by atoms with Crippen molar-refractivity contribution in [3.8, 4) is 17.0 Å². The first-order chi connectivity index (χ1) is 13.6. The highest BCUT2D eigenvalue weighted by Crippen LogP contribution is 2.27. The van der Waals surface area contributed by atoms with Gasteiger partial charge in [-0.25, -0.2) is 4.98 Å². The van der Waals surface area contributed by atoms with Crippen molar-refractivity contribution in [1.82, 2.24) is 4.98 Å². The minimum Gasteiger partial charge on any atom is -0.497 e. The van der Waals surface area contributed by atoms with E-state index in [4.69, 9.17) is 4.74 Å². The molecule has 1 aromatic heterocycles. The van der Waals surface area contributed by atoms with Gasteiger partial charge in [0.2, 0.25) is 5.91 Å². The van der Waals surface area contributed by atoms with Gasteiger partial charge < -0.3 is 4.74 Å². The predicted molar refractivity (Wildman–Crippen MR) is 117 cm³/mol. The average Bonchev–Trinajstić information content (AvgIpc) is 3.20. The van der Waals surface area contributed by atoms with Crippen LogP contribution in [0.3, 0.4) is 0 Å². The first-order valence-corrected chi connectivity index (χ1v) is 10.2. The number of hydrogen-bond acceptors (Lipinski definition) is 4. The Morgan fingerprint density at radius 3 is 2.54 bits per heavy atom. The largest absolute Gasteiger partial charge is 0.497 e. The molecule has 1 unspecified atom stereocenters. The SMILES string of the molecule is CCC(C)c1ccc(-c2csc(NC(=O)C=Cc3ccc(OC)cc3)n2)cc1. The lowest BCUT2D eigenvalue weighted by atomic mass is 9.97. The minimum atomic E-state index is -0.205. The van der Waals surface area contributed by atoms with E-state index in [0.29, 0.717) is 11.0 Å². The Morgan fingerprint density at radius 1 is 1.18 bits per heavy atom. The van der Waals surface area contributed by atoms with E-state index in [2.05, 4.69) is 48.4 Å². The Morgan fingerprint density at radius 2 is 1.89 bits per heavy atom. The van der Waals surface area contributed by atoms with Gasteiger partial charge in [0.15, 0.2) is 5.13 Å². The van der Waals surface area contributed by atoms with Gasteiger partial charge in [-0.15, -0.1) is 11.3 Å². The molecule has 1 atom stereocenters. The number of nitrogens with one attached hydrogen (secondary N) is 1. The van der Waals surface area contributed by atoms with E-state index in [9.17, 15) is 4.79 Å². The average molecular weight is 393 g/mol. The number of anilines is 1. The number of methoxy groups -OCH3 is 1. The second kappa shape index (κ2) is 9.33. The molecule has 2 aromatic carbocycles. The lowest BCUT2D eigenvalue weighted by molar-refractivity contribution is -0.111. The maximum atomic E-state index is 12.2. The van der Waals surface area contributed by atoms with Crippen LogP contribution in [0.5, 0.6) is 5.75 Å². The fraction of sp³-hybridized carbons (Fsp3) is 0.217. The van der Waals surface area contributed by atoms with Gasteiger partial charge in [-0.05, 0) is 41.7 Å². The minimum absolute atomic E-state index is 0.205.